The van der Waals surface area contributed by atoms with Gasteiger partial charge >= 0.3 is 0 Å². The molecule has 128 valence electrons. The van der Waals surface area contributed by atoms with Crippen molar-refractivity contribution in [3.63, 3.8) is 0 Å². The first-order valence-electron chi connectivity index (χ1n) is 8.27. The predicted molar refractivity (Wildman–Crippen MR) is 97.1 cm³/mol. The number of rotatable bonds is 5. The molecule has 1 saturated heterocycles. The van der Waals surface area contributed by atoms with Crippen LogP contribution >= 0.6 is 0 Å². The maximum Gasteiger partial charge on any atom is 0.146 e. The molecule has 0 bridgehead atoms. The molecule has 1 aliphatic rings. The Labute approximate surface area is 145 Å². The normalized spacial score (nSPS) is 17.6. The first-order chi connectivity index (χ1) is 11.6. The summed E-state index contributed by atoms with van der Waals surface area (Å²) in [7, 11) is -0.923. The van der Waals surface area contributed by atoms with Crippen LogP contribution in [0.2, 0.25) is 0 Å². The first kappa shape index (κ1) is 17.1. The van der Waals surface area contributed by atoms with Gasteiger partial charge in [-0.15, -0.1) is 0 Å². The van der Waals surface area contributed by atoms with Crippen molar-refractivity contribution in [3.8, 4) is 0 Å². The summed E-state index contributed by atoms with van der Waals surface area (Å²) in [4.78, 5) is 3.28. The van der Waals surface area contributed by atoms with Crippen LogP contribution in [-0.4, -0.2) is 34.5 Å². The van der Waals surface area contributed by atoms with E-state index in [0.29, 0.717) is 11.7 Å². The largest absolute Gasteiger partial charge is 0.380 e. The molecule has 1 N–H and O–H groups in total. The lowest BCUT2D eigenvalue weighted by molar-refractivity contribution is 0.211. The number of piperidine rings is 1. The zero-order valence-corrected chi connectivity index (χ0v) is 14.7. The van der Waals surface area contributed by atoms with Gasteiger partial charge in [0.1, 0.15) is 5.82 Å². The Morgan fingerprint density at radius 3 is 2.42 bits per heavy atom. The molecule has 24 heavy (non-hydrogen) atoms. The number of nitrogens with zero attached hydrogens (tertiary/aromatic N) is 1. The molecule has 1 atom stereocenters. The third-order valence-electron chi connectivity index (χ3n) is 4.48. The number of likely N-dealkylation sites (tertiary alicyclic amines) is 1. The molecule has 1 unspecified atom stereocenters. The van der Waals surface area contributed by atoms with Crippen LogP contribution in [0, 0.1) is 5.82 Å². The van der Waals surface area contributed by atoms with Gasteiger partial charge in [0.15, 0.2) is 0 Å². The second kappa shape index (κ2) is 7.90. The van der Waals surface area contributed by atoms with E-state index in [2.05, 4.69) is 22.3 Å². The van der Waals surface area contributed by atoms with Crippen LogP contribution in [0.3, 0.4) is 0 Å². The van der Waals surface area contributed by atoms with Gasteiger partial charge in [0.05, 0.1) is 5.69 Å². The van der Waals surface area contributed by atoms with Gasteiger partial charge in [-0.1, -0.05) is 24.3 Å². The van der Waals surface area contributed by atoms with E-state index in [1.54, 1.807) is 18.4 Å². The number of anilines is 1. The molecule has 2 aromatic carbocycles. The summed E-state index contributed by atoms with van der Waals surface area (Å²) < 4.78 is 25.1. The molecule has 0 spiro atoms. The maximum absolute atomic E-state index is 13.7. The third-order valence-corrected chi connectivity index (χ3v) is 5.42. The van der Waals surface area contributed by atoms with Crippen molar-refractivity contribution in [1.82, 2.24) is 4.90 Å². The zero-order valence-electron chi connectivity index (χ0n) is 13.9. The summed E-state index contributed by atoms with van der Waals surface area (Å²) >= 11 is 0. The van der Waals surface area contributed by atoms with Gasteiger partial charge < -0.3 is 5.32 Å². The average Bonchev–Trinajstić information content (AvgIpc) is 2.59. The van der Waals surface area contributed by atoms with Gasteiger partial charge in [-0.05, 0) is 42.7 Å². The highest BCUT2D eigenvalue weighted by Crippen LogP contribution is 2.20. The van der Waals surface area contributed by atoms with Crippen LogP contribution < -0.4 is 5.32 Å². The highest BCUT2D eigenvalue weighted by Gasteiger charge is 2.19. The van der Waals surface area contributed by atoms with Crippen molar-refractivity contribution < 1.29 is 8.60 Å². The van der Waals surface area contributed by atoms with Gasteiger partial charge in [0.2, 0.25) is 0 Å². The summed E-state index contributed by atoms with van der Waals surface area (Å²) in [5, 5.41) is 3.32. The third kappa shape index (κ3) is 4.42. The summed E-state index contributed by atoms with van der Waals surface area (Å²) in [6.45, 7) is 2.89. The van der Waals surface area contributed by atoms with Crippen LogP contribution in [0.1, 0.15) is 18.4 Å². The molecule has 3 nitrogen and oxygen atoms in total. The SMILES string of the molecule is CS(=O)c1ccc(CN2CCC(Nc3ccccc3F)CC2)cc1. The second-order valence-corrected chi connectivity index (χ2v) is 7.65. The number of para-hydroxylation sites is 1. The van der Waals surface area contributed by atoms with E-state index in [1.165, 1.54) is 11.6 Å². The van der Waals surface area contributed by atoms with Crippen LogP contribution in [0.25, 0.3) is 0 Å². The van der Waals surface area contributed by atoms with Gasteiger partial charge in [-0.2, -0.15) is 0 Å². The number of nitrogens with one attached hydrogen (secondary N) is 1. The Hall–Kier alpha value is -1.72. The molecular weight excluding hydrogens is 323 g/mol. The summed E-state index contributed by atoms with van der Waals surface area (Å²) in [5.74, 6) is -0.187. The molecule has 5 heteroatoms. The predicted octanol–water partition coefficient (Wildman–Crippen LogP) is 3.64. The van der Waals surface area contributed by atoms with E-state index in [4.69, 9.17) is 0 Å². The van der Waals surface area contributed by atoms with E-state index in [-0.39, 0.29) is 5.82 Å². The Bertz CT molecular complexity index is 697. The Balaban J connectivity index is 1.50. The van der Waals surface area contributed by atoms with E-state index in [1.807, 2.05) is 18.2 Å². The molecule has 1 fully saturated rings. The lowest BCUT2D eigenvalue weighted by Crippen LogP contribution is -2.38. The Kier molecular flexibility index (Phi) is 5.63. The second-order valence-electron chi connectivity index (χ2n) is 6.27. The van der Waals surface area contributed by atoms with Crippen LogP contribution in [0.15, 0.2) is 53.4 Å². The van der Waals surface area contributed by atoms with Gasteiger partial charge in [0, 0.05) is 47.6 Å². The Morgan fingerprint density at radius 2 is 1.79 bits per heavy atom. The summed E-state index contributed by atoms with van der Waals surface area (Å²) in [5.41, 5.74) is 1.84. The van der Waals surface area contributed by atoms with Gasteiger partial charge in [0.25, 0.3) is 0 Å². The molecular formula is C19H23FN2OS. The molecule has 0 saturated carbocycles. The van der Waals surface area contributed by atoms with Crippen molar-refractivity contribution in [3.05, 3.63) is 59.9 Å². The lowest BCUT2D eigenvalue weighted by atomic mass is 10.0. The van der Waals surface area contributed by atoms with E-state index >= 15 is 0 Å². The van der Waals surface area contributed by atoms with Crippen LogP contribution in [-0.2, 0) is 17.3 Å². The van der Waals surface area contributed by atoms with Gasteiger partial charge in [-0.3, -0.25) is 9.11 Å². The molecule has 0 radical (unpaired) electrons. The fourth-order valence-corrected chi connectivity index (χ4v) is 3.60. The highest BCUT2D eigenvalue weighted by molar-refractivity contribution is 7.84. The minimum atomic E-state index is -0.923. The van der Waals surface area contributed by atoms with Gasteiger partial charge in [-0.25, -0.2) is 4.39 Å². The Morgan fingerprint density at radius 1 is 1.12 bits per heavy atom. The number of benzene rings is 2. The lowest BCUT2D eigenvalue weighted by Gasteiger charge is -2.33. The zero-order chi connectivity index (χ0) is 16.9. The van der Waals surface area contributed by atoms with E-state index in [9.17, 15) is 8.60 Å². The topological polar surface area (TPSA) is 32.3 Å². The standard InChI is InChI=1S/C19H23FN2OS/c1-24(23)17-8-6-15(7-9-17)14-22-12-10-16(11-13-22)21-19-5-3-2-4-18(19)20/h2-9,16,21H,10-14H2,1H3. The first-order valence-corrected chi connectivity index (χ1v) is 9.83. The minimum absolute atomic E-state index is 0.187. The van der Waals surface area contributed by atoms with Crippen molar-refractivity contribution >= 4 is 16.5 Å². The smallest absolute Gasteiger partial charge is 0.146 e. The van der Waals surface area contributed by atoms with Crippen molar-refractivity contribution in [1.29, 1.82) is 0 Å². The van der Waals surface area contributed by atoms with Crippen molar-refractivity contribution in [2.24, 2.45) is 0 Å². The molecule has 1 heterocycles. The van der Waals surface area contributed by atoms with E-state index < -0.39 is 10.8 Å². The molecule has 2 aromatic rings. The fourth-order valence-electron chi connectivity index (χ4n) is 3.08. The van der Waals surface area contributed by atoms with Crippen molar-refractivity contribution in [2.45, 2.75) is 30.3 Å². The molecule has 0 aliphatic carbocycles. The van der Waals surface area contributed by atoms with Crippen LogP contribution in [0.5, 0.6) is 0 Å². The fraction of sp³-hybridized carbons (Fsp3) is 0.368. The quantitative estimate of drug-likeness (QED) is 0.897. The number of hydrogen-bond acceptors (Lipinski definition) is 3. The number of halogens is 1. The van der Waals surface area contributed by atoms with E-state index in [0.717, 1.165) is 37.4 Å². The number of hydrogen-bond donors (Lipinski definition) is 1. The van der Waals surface area contributed by atoms with Crippen molar-refractivity contribution in [2.75, 3.05) is 24.7 Å². The maximum atomic E-state index is 13.7. The molecule has 0 amide bonds. The molecule has 1 aliphatic heterocycles. The highest BCUT2D eigenvalue weighted by atomic mass is 32.2. The monoisotopic (exact) mass is 346 g/mol. The minimum Gasteiger partial charge on any atom is -0.380 e. The average molecular weight is 346 g/mol. The summed E-state index contributed by atoms with van der Waals surface area (Å²) in [6.07, 6.45) is 3.71. The molecule has 0 aromatic heterocycles. The van der Waals surface area contributed by atoms with Crippen LogP contribution in [0.4, 0.5) is 10.1 Å². The summed E-state index contributed by atoms with van der Waals surface area (Å²) in [6, 6.07) is 15.2. The molecule has 3 rings (SSSR count).